The van der Waals surface area contributed by atoms with Gasteiger partial charge in [0.25, 0.3) is 0 Å². The first kappa shape index (κ1) is 15.6. The van der Waals surface area contributed by atoms with Crippen molar-refractivity contribution in [2.45, 2.75) is 30.0 Å². The number of carbonyl (C=O) groups is 1. The van der Waals surface area contributed by atoms with E-state index in [0.717, 1.165) is 5.56 Å². The molecule has 2 aromatic carbocycles. The van der Waals surface area contributed by atoms with E-state index in [1.807, 2.05) is 37.3 Å². The Hall–Kier alpha value is -1.81. The molecule has 21 heavy (non-hydrogen) atoms. The van der Waals surface area contributed by atoms with Crippen LogP contribution >= 0.6 is 11.8 Å². The van der Waals surface area contributed by atoms with Crippen LogP contribution < -0.4 is 5.32 Å². The molecule has 1 N–H and O–H groups in total. The number of nitrogens with one attached hydrogen (secondary N) is 1. The summed E-state index contributed by atoms with van der Waals surface area (Å²) in [5.74, 6) is -0.391. The maximum absolute atomic E-state index is 13.6. The highest BCUT2D eigenvalue weighted by atomic mass is 32.2. The van der Waals surface area contributed by atoms with Gasteiger partial charge in [-0.3, -0.25) is 4.79 Å². The Morgan fingerprint density at radius 3 is 2.33 bits per heavy atom. The van der Waals surface area contributed by atoms with Crippen LogP contribution in [-0.2, 0) is 4.79 Å². The van der Waals surface area contributed by atoms with E-state index in [-0.39, 0.29) is 23.0 Å². The Kier molecular flexibility index (Phi) is 5.39. The van der Waals surface area contributed by atoms with Crippen LogP contribution in [-0.4, -0.2) is 11.2 Å². The Morgan fingerprint density at radius 2 is 1.67 bits per heavy atom. The monoisotopic (exact) mass is 303 g/mol. The summed E-state index contributed by atoms with van der Waals surface area (Å²) in [6.45, 7) is 3.72. The molecular weight excluding hydrogens is 285 g/mol. The van der Waals surface area contributed by atoms with Crippen molar-refractivity contribution in [3.05, 3.63) is 66.0 Å². The minimum absolute atomic E-state index is 0.0672. The zero-order chi connectivity index (χ0) is 15.2. The molecule has 0 saturated carbocycles. The first-order valence-corrected chi connectivity index (χ1v) is 7.72. The third-order valence-electron chi connectivity index (χ3n) is 3.17. The van der Waals surface area contributed by atoms with Gasteiger partial charge in [-0.15, -0.1) is 11.8 Å². The van der Waals surface area contributed by atoms with Crippen LogP contribution in [0.15, 0.2) is 59.5 Å². The molecule has 0 aromatic heterocycles. The summed E-state index contributed by atoms with van der Waals surface area (Å²) in [5, 5.41) is 2.60. The normalized spacial score (nSPS) is 13.5. The van der Waals surface area contributed by atoms with Crippen LogP contribution in [0.2, 0.25) is 0 Å². The van der Waals surface area contributed by atoms with E-state index in [9.17, 15) is 9.18 Å². The van der Waals surface area contributed by atoms with Crippen LogP contribution in [0.4, 0.5) is 4.39 Å². The highest BCUT2D eigenvalue weighted by Gasteiger charge is 2.18. The van der Waals surface area contributed by atoms with Gasteiger partial charge in [0, 0.05) is 4.90 Å². The predicted octanol–water partition coefficient (Wildman–Crippen LogP) is 4.18. The van der Waals surface area contributed by atoms with Gasteiger partial charge < -0.3 is 5.32 Å². The number of halogens is 1. The van der Waals surface area contributed by atoms with Gasteiger partial charge in [-0.2, -0.15) is 0 Å². The summed E-state index contributed by atoms with van der Waals surface area (Å²) < 4.78 is 13.6. The van der Waals surface area contributed by atoms with E-state index in [1.54, 1.807) is 25.1 Å². The summed E-state index contributed by atoms with van der Waals surface area (Å²) >= 11 is 1.23. The summed E-state index contributed by atoms with van der Waals surface area (Å²) in [6.07, 6.45) is 0. The number of hydrogen-bond donors (Lipinski definition) is 1. The first-order chi connectivity index (χ1) is 10.1. The van der Waals surface area contributed by atoms with Crippen molar-refractivity contribution in [2.24, 2.45) is 0 Å². The van der Waals surface area contributed by atoms with Gasteiger partial charge in [-0.05, 0) is 31.5 Å². The standard InChI is InChI=1S/C17H18FNOS/c1-12(14-8-4-3-5-9-14)19-17(20)13(2)21-16-11-7-6-10-15(16)18/h3-13H,1-2H3,(H,19,20). The molecule has 1 amide bonds. The van der Waals surface area contributed by atoms with Crippen molar-refractivity contribution in [1.82, 2.24) is 5.32 Å². The molecule has 0 radical (unpaired) electrons. The molecule has 4 heteroatoms. The molecule has 0 spiro atoms. The molecule has 0 fully saturated rings. The second kappa shape index (κ2) is 7.27. The lowest BCUT2D eigenvalue weighted by molar-refractivity contribution is -0.120. The lowest BCUT2D eigenvalue weighted by Gasteiger charge is -2.18. The highest BCUT2D eigenvalue weighted by Crippen LogP contribution is 2.26. The van der Waals surface area contributed by atoms with Crippen LogP contribution in [0.25, 0.3) is 0 Å². The molecule has 0 aliphatic rings. The Balaban J connectivity index is 1.95. The third kappa shape index (κ3) is 4.33. The van der Waals surface area contributed by atoms with Crippen molar-refractivity contribution < 1.29 is 9.18 Å². The fourth-order valence-corrected chi connectivity index (χ4v) is 2.83. The summed E-state index contributed by atoms with van der Waals surface area (Å²) in [5.41, 5.74) is 1.05. The molecule has 2 unspecified atom stereocenters. The SMILES string of the molecule is CC(Sc1ccccc1F)C(=O)NC(C)c1ccccc1. The summed E-state index contributed by atoms with van der Waals surface area (Å²) in [7, 11) is 0. The van der Waals surface area contributed by atoms with Gasteiger partial charge in [0.1, 0.15) is 5.82 Å². The van der Waals surface area contributed by atoms with Crippen LogP contribution in [0.5, 0.6) is 0 Å². The van der Waals surface area contributed by atoms with Crippen LogP contribution in [0.3, 0.4) is 0 Å². The molecular formula is C17H18FNOS. The van der Waals surface area contributed by atoms with Gasteiger partial charge in [-0.1, -0.05) is 42.5 Å². The lowest BCUT2D eigenvalue weighted by Crippen LogP contribution is -2.33. The maximum Gasteiger partial charge on any atom is 0.233 e. The molecule has 110 valence electrons. The molecule has 0 bridgehead atoms. The number of hydrogen-bond acceptors (Lipinski definition) is 2. The number of thioether (sulfide) groups is 1. The van der Waals surface area contributed by atoms with Crippen molar-refractivity contribution in [1.29, 1.82) is 0 Å². The van der Waals surface area contributed by atoms with Crippen molar-refractivity contribution >= 4 is 17.7 Å². The zero-order valence-electron chi connectivity index (χ0n) is 12.0. The number of carbonyl (C=O) groups excluding carboxylic acids is 1. The minimum atomic E-state index is -0.354. The van der Waals surface area contributed by atoms with Crippen LogP contribution in [0.1, 0.15) is 25.5 Å². The maximum atomic E-state index is 13.6. The zero-order valence-corrected chi connectivity index (χ0v) is 12.9. The quantitative estimate of drug-likeness (QED) is 0.839. The lowest BCUT2D eigenvalue weighted by atomic mass is 10.1. The van der Waals surface area contributed by atoms with E-state index >= 15 is 0 Å². The second-order valence-corrected chi connectivity index (χ2v) is 6.21. The van der Waals surface area contributed by atoms with E-state index in [2.05, 4.69) is 5.32 Å². The smallest absolute Gasteiger partial charge is 0.233 e. The van der Waals surface area contributed by atoms with E-state index < -0.39 is 0 Å². The van der Waals surface area contributed by atoms with Gasteiger partial charge in [0.15, 0.2) is 0 Å². The first-order valence-electron chi connectivity index (χ1n) is 6.84. The number of amides is 1. The van der Waals surface area contributed by atoms with Crippen molar-refractivity contribution in [3.63, 3.8) is 0 Å². The minimum Gasteiger partial charge on any atom is -0.349 e. The van der Waals surface area contributed by atoms with Gasteiger partial charge in [0.2, 0.25) is 5.91 Å². The molecule has 0 aliphatic carbocycles. The van der Waals surface area contributed by atoms with E-state index in [4.69, 9.17) is 0 Å². The molecule has 2 nitrogen and oxygen atoms in total. The molecule has 2 rings (SSSR count). The fourth-order valence-electron chi connectivity index (χ4n) is 1.94. The molecule has 0 aliphatic heterocycles. The molecule has 2 aromatic rings. The molecule has 0 heterocycles. The average molecular weight is 303 g/mol. The Bertz CT molecular complexity index is 603. The van der Waals surface area contributed by atoms with E-state index in [0.29, 0.717) is 4.90 Å². The van der Waals surface area contributed by atoms with Crippen LogP contribution in [0, 0.1) is 5.82 Å². The summed E-state index contributed by atoms with van der Waals surface area (Å²) in [4.78, 5) is 12.7. The predicted molar refractivity (Wildman–Crippen MR) is 84.7 cm³/mol. The Morgan fingerprint density at radius 1 is 1.05 bits per heavy atom. The highest BCUT2D eigenvalue weighted by molar-refractivity contribution is 8.00. The van der Waals surface area contributed by atoms with Gasteiger partial charge >= 0.3 is 0 Å². The summed E-state index contributed by atoms with van der Waals surface area (Å²) in [6, 6.07) is 16.2. The van der Waals surface area contributed by atoms with Gasteiger partial charge in [0.05, 0.1) is 11.3 Å². The third-order valence-corrected chi connectivity index (χ3v) is 4.32. The number of benzene rings is 2. The van der Waals surface area contributed by atoms with E-state index in [1.165, 1.54) is 17.8 Å². The average Bonchev–Trinajstić information content (AvgIpc) is 2.50. The topological polar surface area (TPSA) is 29.1 Å². The number of rotatable bonds is 5. The largest absolute Gasteiger partial charge is 0.349 e. The van der Waals surface area contributed by atoms with Crippen molar-refractivity contribution in [3.8, 4) is 0 Å². The second-order valence-electron chi connectivity index (χ2n) is 4.83. The Labute approximate surface area is 128 Å². The van der Waals surface area contributed by atoms with Crippen molar-refractivity contribution in [2.75, 3.05) is 0 Å². The molecule has 0 saturated heterocycles. The fraction of sp³-hybridized carbons (Fsp3) is 0.235. The molecule has 2 atom stereocenters. The van der Waals surface area contributed by atoms with Gasteiger partial charge in [-0.25, -0.2) is 4.39 Å².